The van der Waals surface area contributed by atoms with Gasteiger partial charge < -0.3 is 4.74 Å². The second-order valence-electron chi connectivity index (χ2n) is 3.04. The number of amides is 1. The first kappa shape index (κ1) is 10.5. The predicted octanol–water partition coefficient (Wildman–Crippen LogP) is 0.696. The van der Waals surface area contributed by atoms with Crippen molar-refractivity contribution < 1.29 is 22.7 Å². The summed E-state index contributed by atoms with van der Waals surface area (Å²) >= 11 is -2.30. The van der Waals surface area contributed by atoms with Crippen LogP contribution in [0.1, 0.15) is 12.8 Å². The Morgan fingerprint density at radius 2 is 2.07 bits per heavy atom. The van der Waals surface area contributed by atoms with Crippen LogP contribution in [-0.2, 0) is 20.8 Å². The molecular formula is C7H8F3N2O2S+. The van der Waals surface area contributed by atoms with Crippen LogP contribution in [0.25, 0.3) is 0 Å². The molecule has 0 saturated heterocycles. The molecule has 0 aromatic carbocycles. The van der Waals surface area contributed by atoms with E-state index in [1.54, 1.807) is 0 Å². The molecule has 84 valence electrons. The summed E-state index contributed by atoms with van der Waals surface area (Å²) in [6.07, 6.45) is 1.04. The van der Waals surface area contributed by atoms with Crippen molar-refractivity contribution in [2.45, 2.75) is 18.3 Å². The van der Waals surface area contributed by atoms with Crippen LogP contribution in [0.2, 0.25) is 0 Å². The minimum absolute atomic E-state index is 0.00532. The minimum atomic E-state index is -4.47. The predicted molar refractivity (Wildman–Crippen MR) is 46.9 cm³/mol. The lowest BCUT2D eigenvalue weighted by Gasteiger charge is -2.24. The molecule has 4 nitrogen and oxygen atoms in total. The van der Waals surface area contributed by atoms with Crippen LogP contribution < -0.4 is 9.44 Å². The topological polar surface area (TPSA) is 50.4 Å². The van der Waals surface area contributed by atoms with Gasteiger partial charge in [0.2, 0.25) is 5.76 Å². The van der Waals surface area contributed by atoms with Crippen molar-refractivity contribution in [3.05, 3.63) is 11.5 Å². The normalized spacial score (nSPS) is 26.3. The zero-order valence-electron chi connectivity index (χ0n) is 7.48. The molecule has 8 heteroatoms. The van der Waals surface area contributed by atoms with E-state index in [0.29, 0.717) is 19.4 Å². The fourth-order valence-corrected chi connectivity index (χ4v) is 2.33. The molecular weight excluding hydrogens is 233 g/mol. The Morgan fingerprint density at radius 1 is 1.33 bits per heavy atom. The van der Waals surface area contributed by atoms with Crippen LogP contribution in [0, 0.1) is 0 Å². The van der Waals surface area contributed by atoms with Gasteiger partial charge in [-0.1, -0.05) is 0 Å². The molecule has 1 atom stereocenters. The Kier molecular flexibility index (Phi) is 2.45. The molecule has 0 fully saturated rings. The van der Waals surface area contributed by atoms with Crippen molar-refractivity contribution in [3.63, 3.8) is 0 Å². The third-order valence-corrected chi connectivity index (χ3v) is 3.25. The van der Waals surface area contributed by atoms with E-state index in [1.807, 2.05) is 4.72 Å². The standard InChI is InChI=1S/C7H7F3N2O2S/c8-7(9,10)15-11-4-2-1-3-14-5(4)6(13)12-15/h1-3H2,(H,11,12,13)/p+1. The number of hydrogen-bond acceptors (Lipinski definition) is 3. The summed E-state index contributed by atoms with van der Waals surface area (Å²) in [4.78, 5) is 11.3. The van der Waals surface area contributed by atoms with Gasteiger partial charge in [-0.3, -0.25) is 4.79 Å². The van der Waals surface area contributed by atoms with E-state index < -0.39 is 22.7 Å². The van der Waals surface area contributed by atoms with Gasteiger partial charge in [0, 0.05) is 0 Å². The number of carbonyl (C=O) groups is 1. The minimum Gasteiger partial charge on any atom is -0.486 e. The summed E-state index contributed by atoms with van der Waals surface area (Å²) in [5.41, 5.74) is -4.21. The molecule has 0 bridgehead atoms. The summed E-state index contributed by atoms with van der Waals surface area (Å²) in [7, 11) is 0. The van der Waals surface area contributed by atoms with Crippen molar-refractivity contribution in [1.29, 1.82) is 0 Å². The van der Waals surface area contributed by atoms with Crippen molar-refractivity contribution >= 4 is 17.2 Å². The molecule has 2 N–H and O–H groups in total. The van der Waals surface area contributed by atoms with Gasteiger partial charge in [0.1, 0.15) is 5.70 Å². The van der Waals surface area contributed by atoms with E-state index in [1.165, 1.54) is 0 Å². The lowest BCUT2D eigenvalue weighted by Crippen LogP contribution is -2.54. The smallest absolute Gasteiger partial charge is 0.486 e. The first-order chi connectivity index (χ1) is 6.98. The van der Waals surface area contributed by atoms with Crippen LogP contribution in [0.4, 0.5) is 13.2 Å². The number of ether oxygens (including phenoxy) is 1. The van der Waals surface area contributed by atoms with Crippen LogP contribution in [-0.4, -0.2) is 18.0 Å². The van der Waals surface area contributed by atoms with Gasteiger partial charge in [-0.15, -0.1) is 17.9 Å². The van der Waals surface area contributed by atoms with E-state index in [2.05, 4.69) is 4.72 Å². The number of rotatable bonds is 0. The van der Waals surface area contributed by atoms with Gasteiger partial charge in [0.25, 0.3) is 0 Å². The Morgan fingerprint density at radius 3 is 2.73 bits per heavy atom. The highest BCUT2D eigenvalue weighted by Crippen LogP contribution is 2.29. The first-order valence-electron chi connectivity index (χ1n) is 4.23. The summed E-state index contributed by atoms with van der Waals surface area (Å²) in [6.45, 7) is 0.369. The molecule has 0 aliphatic carbocycles. The molecule has 1 amide bonds. The number of nitrogens with one attached hydrogen (secondary N) is 2. The lowest BCUT2D eigenvalue weighted by molar-refractivity contribution is -0.120. The largest absolute Gasteiger partial charge is 0.627 e. The van der Waals surface area contributed by atoms with Crippen LogP contribution in [0.15, 0.2) is 11.5 Å². The Balaban J connectivity index is 2.22. The highest BCUT2D eigenvalue weighted by atomic mass is 32.2. The van der Waals surface area contributed by atoms with Gasteiger partial charge in [-0.25, -0.2) is 0 Å². The first-order valence-corrected chi connectivity index (χ1v) is 5.45. The molecule has 1 unspecified atom stereocenters. The van der Waals surface area contributed by atoms with E-state index in [4.69, 9.17) is 4.74 Å². The molecule has 0 aromatic rings. The highest BCUT2D eigenvalue weighted by Gasteiger charge is 2.58. The molecule has 15 heavy (non-hydrogen) atoms. The second kappa shape index (κ2) is 3.51. The van der Waals surface area contributed by atoms with Gasteiger partial charge >= 0.3 is 22.7 Å². The van der Waals surface area contributed by atoms with Crippen molar-refractivity contribution in [2.75, 3.05) is 6.61 Å². The number of alkyl halides is 3. The fourth-order valence-electron chi connectivity index (χ4n) is 1.33. The van der Waals surface area contributed by atoms with Crippen molar-refractivity contribution in [3.8, 4) is 0 Å². The van der Waals surface area contributed by atoms with Gasteiger partial charge in [-0.2, -0.15) is 4.72 Å². The highest BCUT2D eigenvalue weighted by molar-refractivity contribution is 7.94. The zero-order chi connectivity index (χ0) is 11.1. The lowest BCUT2D eigenvalue weighted by atomic mass is 10.2. The van der Waals surface area contributed by atoms with E-state index in [0.717, 1.165) is 0 Å². The average molecular weight is 241 g/mol. The molecule has 2 rings (SSSR count). The Hall–Kier alpha value is -1.05. The van der Waals surface area contributed by atoms with Crippen molar-refractivity contribution in [1.82, 2.24) is 9.44 Å². The van der Waals surface area contributed by atoms with Gasteiger partial charge in [0.15, 0.2) is 0 Å². The molecule has 2 aliphatic heterocycles. The maximum absolute atomic E-state index is 12.3. The SMILES string of the molecule is O=C1N[S+](C(F)(F)F)NC2=C1OCCC2. The fraction of sp³-hybridized carbons (Fsp3) is 0.571. The maximum Gasteiger partial charge on any atom is 0.627 e. The zero-order valence-corrected chi connectivity index (χ0v) is 8.30. The van der Waals surface area contributed by atoms with Gasteiger partial charge in [-0.05, 0) is 12.8 Å². The monoisotopic (exact) mass is 241 g/mol. The number of hydrogen-bond donors (Lipinski definition) is 2. The third kappa shape index (κ3) is 1.99. The molecule has 0 saturated carbocycles. The van der Waals surface area contributed by atoms with E-state index in [9.17, 15) is 18.0 Å². The Labute approximate surface area is 86.5 Å². The number of halogens is 3. The quantitative estimate of drug-likeness (QED) is 0.614. The Bertz CT molecular complexity index is 329. The van der Waals surface area contributed by atoms with Gasteiger partial charge in [0.05, 0.1) is 6.61 Å². The molecule has 2 aliphatic rings. The summed E-state index contributed by atoms with van der Waals surface area (Å²) in [5.74, 6) is -0.793. The number of carbonyl (C=O) groups excluding carboxylic acids is 1. The second-order valence-corrected chi connectivity index (χ2v) is 4.53. The number of allylic oxidation sites excluding steroid dienone is 1. The van der Waals surface area contributed by atoms with Crippen LogP contribution >= 0.6 is 0 Å². The average Bonchev–Trinajstić information content (AvgIpc) is 2.16. The molecule has 2 heterocycles. The molecule has 0 spiro atoms. The summed E-state index contributed by atoms with van der Waals surface area (Å²) < 4.78 is 46.1. The van der Waals surface area contributed by atoms with Crippen molar-refractivity contribution in [2.24, 2.45) is 0 Å². The third-order valence-electron chi connectivity index (χ3n) is 1.95. The maximum atomic E-state index is 12.3. The van der Waals surface area contributed by atoms with E-state index in [-0.39, 0.29) is 11.5 Å². The molecule has 0 aromatic heterocycles. The van der Waals surface area contributed by atoms with Crippen LogP contribution in [0.3, 0.4) is 0 Å². The summed E-state index contributed by atoms with van der Waals surface area (Å²) in [5, 5.41) is 0. The van der Waals surface area contributed by atoms with E-state index >= 15 is 0 Å². The molecule has 0 radical (unpaired) electrons. The van der Waals surface area contributed by atoms with Crippen LogP contribution in [0.5, 0.6) is 0 Å². The summed E-state index contributed by atoms with van der Waals surface area (Å²) in [6, 6.07) is 0.